The second-order valence-electron chi connectivity index (χ2n) is 5.46. The average molecular weight is 326 g/mol. The fourth-order valence-electron chi connectivity index (χ4n) is 2.39. The SMILES string of the molecule is CCCNC(c1ccc(CC)s1)c1c(Cl)cnn1C(C)C. The second kappa shape index (κ2) is 7.43. The molecular weight excluding hydrogens is 302 g/mol. The molecule has 2 rings (SSSR count). The molecule has 21 heavy (non-hydrogen) atoms. The molecule has 116 valence electrons. The van der Waals surface area contributed by atoms with Crippen molar-refractivity contribution < 1.29 is 0 Å². The van der Waals surface area contributed by atoms with Crippen LogP contribution in [0.3, 0.4) is 0 Å². The number of nitrogens with one attached hydrogen (secondary N) is 1. The monoisotopic (exact) mass is 325 g/mol. The predicted molar refractivity (Wildman–Crippen MR) is 91.5 cm³/mol. The molecule has 0 saturated carbocycles. The number of nitrogens with zero attached hydrogens (tertiary/aromatic N) is 2. The van der Waals surface area contributed by atoms with Gasteiger partial charge in [-0.15, -0.1) is 11.3 Å². The van der Waals surface area contributed by atoms with Crippen LogP contribution in [0, 0.1) is 0 Å². The Morgan fingerprint density at radius 1 is 1.33 bits per heavy atom. The van der Waals surface area contributed by atoms with E-state index < -0.39 is 0 Å². The van der Waals surface area contributed by atoms with Crippen molar-refractivity contribution in [2.24, 2.45) is 0 Å². The second-order valence-corrected chi connectivity index (χ2v) is 7.07. The fraction of sp³-hybridized carbons (Fsp3) is 0.562. The van der Waals surface area contributed by atoms with Crippen LogP contribution in [0.1, 0.15) is 61.6 Å². The van der Waals surface area contributed by atoms with Crippen molar-refractivity contribution in [2.45, 2.75) is 52.6 Å². The molecule has 5 heteroatoms. The number of hydrogen-bond donors (Lipinski definition) is 1. The maximum Gasteiger partial charge on any atom is 0.0857 e. The van der Waals surface area contributed by atoms with Crippen LogP contribution >= 0.6 is 22.9 Å². The Kier molecular flexibility index (Phi) is 5.85. The molecule has 2 aromatic heterocycles. The minimum atomic E-state index is 0.118. The van der Waals surface area contributed by atoms with E-state index in [2.05, 4.69) is 50.2 Å². The Hall–Kier alpha value is -0.840. The van der Waals surface area contributed by atoms with Gasteiger partial charge in [0.2, 0.25) is 0 Å². The maximum absolute atomic E-state index is 6.43. The summed E-state index contributed by atoms with van der Waals surface area (Å²) in [4.78, 5) is 2.71. The van der Waals surface area contributed by atoms with Crippen LogP contribution in [0.25, 0.3) is 0 Å². The molecular formula is C16H24ClN3S. The lowest BCUT2D eigenvalue weighted by Gasteiger charge is -2.21. The molecule has 0 saturated heterocycles. The Morgan fingerprint density at radius 2 is 2.10 bits per heavy atom. The minimum Gasteiger partial charge on any atom is -0.304 e. The van der Waals surface area contributed by atoms with Crippen molar-refractivity contribution >= 4 is 22.9 Å². The number of halogens is 1. The van der Waals surface area contributed by atoms with Gasteiger partial charge in [0.05, 0.1) is 23.0 Å². The van der Waals surface area contributed by atoms with E-state index in [0.29, 0.717) is 6.04 Å². The van der Waals surface area contributed by atoms with E-state index in [9.17, 15) is 0 Å². The lowest BCUT2D eigenvalue weighted by atomic mass is 10.1. The van der Waals surface area contributed by atoms with Gasteiger partial charge in [0.25, 0.3) is 0 Å². The van der Waals surface area contributed by atoms with Crippen LogP contribution in [-0.2, 0) is 6.42 Å². The number of rotatable bonds is 7. The fourth-order valence-corrected chi connectivity index (χ4v) is 3.66. The molecule has 0 aliphatic rings. The zero-order chi connectivity index (χ0) is 15.4. The van der Waals surface area contributed by atoms with Gasteiger partial charge in [-0.25, -0.2) is 0 Å². The lowest BCUT2D eigenvalue weighted by molar-refractivity contribution is 0.474. The van der Waals surface area contributed by atoms with Crippen molar-refractivity contribution in [3.8, 4) is 0 Å². The lowest BCUT2D eigenvalue weighted by Crippen LogP contribution is -2.26. The summed E-state index contributed by atoms with van der Waals surface area (Å²) < 4.78 is 2.03. The van der Waals surface area contributed by atoms with E-state index in [4.69, 9.17) is 11.6 Å². The zero-order valence-electron chi connectivity index (χ0n) is 13.2. The van der Waals surface area contributed by atoms with Crippen LogP contribution in [0.5, 0.6) is 0 Å². The van der Waals surface area contributed by atoms with Gasteiger partial charge in [-0.05, 0) is 45.4 Å². The molecule has 0 bridgehead atoms. The van der Waals surface area contributed by atoms with Crippen molar-refractivity contribution in [3.63, 3.8) is 0 Å². The summed E-state index contributed by atoms with van der Waals surface area (Å²) in [6.07, 6.45) is 3.92. The molecule has 0 radical (unpaired) electrons. The molecule has 0 spiro atoms. The molecule has 1 atom stereocenters. The van der Waals surface area contributed by atoms with E-state index in [0.717, 1.165) is 30.1 Å². The third-order valence-corrected chi connectivity index (χ3v) is 5.05. The van der Waals surface area contributed by atoms with Gasteiger partial charge in [0.15, 0.2) is 0 Å². The maximum atomic E-state index is 6.43. The molecule has 3 nitrogen and oxygen atoms in total. The van der Waals surface area contributed by atoms with Gasteiger partial charge in [-0.2, -0.15) is 5.10 Å². The highest BCUT2D eigenvalue weighted by Crippen LogP contribution is 2.34. The Morgan fingerprint density at radius 3 is 2.67 bits per heavy atom. The van der Waals surface area contributed by atoms with Gasteiger partial charge in [-0.3, -0.25) is 4.68 Å². The van der Waals surface area contributed by atoms with Crippen LogP contribution in [0.2, 0.25) is 5.02 Å². The normalized spacial score (nSPS) is 13.0. The number of hydrogen-bond acceptors (Lipinski definition) is 3. The van der Waals surface area contributed by atoms with Crippen LogP contribution in [0.4, 0.5) is 0 Å². The van der Waals surface area contributed by atoms with Crippen molar-refractivity contribution in [3.05, 3.63) is 38.8 Å². The first kappa shape index (κ1) is 16.5. The largest absolute Gasteiger partial charge is 0.304 e. The molecule has 1 N–H and O–H groups in total. The van der Waals surface area contributed by atoms with E-state index in [-0.39, 0.29) is 6.04 Å². The molecule has 0 aliphatic carbocycles. The first-order valence-electron chi connectivity index (χ1n) is 7.63. The minimum absolute atomic E-state index is 0.118. The molecule has 2 aromatic rings. The van der Waals surface area contributed by atoms with E-state index >= 15 is 0 Å². The Labute approximate surface area is 136 Å². The first-order valence-corrected chi connectivity index (χ1v) is 8.82. The topological polar surface area (TPSA) is 29.9 Å². The summed E-state index contributed by atoms with van der Waals surface area (Å²) in [5.74, 6) is 0. The summed E-state index contributed by atoms with van der Waals surface area (Å²) in [5, 5.41) is 8.81. The Balaban J connectivity index is 2.42. The smallest absolute Gasteiger partial charge is 0.0857 e. The summed E-state index contributed by atoms with van der Waals surface area (Å²) in [7, 11) is 0. The number of thiophene rings is 1. The zero-order valence-corrected chi connectivity index (χ0v) is 14.8. The molecule has 0 aliphatic heterocycles. The van der Waals surface area contributed by atoms with Crippen LogP contribution in [0.15, 0.2) is 18.3 Å². The van der Waals surface area contributed by atoms with Gasteiger partial charge in [-0.1, -0.05) is 25.4 Å². The van der Waals surface area contributed by atoms with E-state index in [1.165, 1.54) is 9.75 Å². The third kappa shape index (κ3) is 3.68. The van der Waals surface area contributed by atoms with Crippen LogP contribution < -0.4 is 5.32 Å². The summed E-state index contributed by atoms with van der Waals surface area (Å²) >= 11 is 8.29. The van der Waals surface area contributed by atoms with Gasteiger partial charge < -0.3 is 5.32 Å². The van der Waals surface area contributed by atoms with Crippen molar-refractivity contribution in [1.82, 2.24) is 15.1 Å². The van der Waals surface area contributed by atoms with Gasteiger partial charge in [0, 0.05) is 15.8 Å². The predicted octanol–water partition coefficient (Wildman–Crippen LogP) is 4.83. The standard InChI is InChI=1S/C16H24ClN3S/c1-5-9-18-15(14-8-7-12(6-2)21-14)16-13(17)10-19-20(16)11(3)4/h7-8,10-11,15,18H,5-6,9H2,1-4H3. The molecule has 1 unspecified atom stereocenters. The summed E-state index contributed by atoms with van der Waals surface area (Å²) in [5.41, 5.74) is 1.07. The van der Waals surface area contributed by atoms with E-state index in [1.54, 1.807) is 6.20 Å². The highest BCUT2D eigenvalue weighted by Gasteiger charge is 2.24. The third-order valence-electron chi connectivity index (χ3n) is 3.46. The highest BCUT2D eigenvalue weighted by molar-refractivity contribution is 7.12. The van der Waals surface area contributed by atoms with Gasteiger partial charge in [0.1, 0.15) is 0 Å². The molecule has 0 amide bonds. The van der Waals surface area contributed by atoms with Crippen molar-refractivity contribution in [1.29, 1.82) is 0 Å². The Bertz CT molecular complexity index is 574. The quantitative estimate of drug-likeness (QED) is 0.790. The number of aryl methyl sites for hydroxylation is 1. The highest BCUT2D eigenvalue weighted by atomic mass is 35.5. The molecule has 0 aromatic carbocycles. The first-order chi connectivity index (χ1) is 10.1. The summed E-state index contributed by atoms with van der Waals surface area (Å²) in [6, 6.07) is 4.84. The molecule has 2 heterocycles. The summed E-state index contributed by atoms with van der Waals surface area (Å²) in [6.45, 7) is 9.60. The van der Waals surface area contributed by atoms with Gasteiger partial charge >= 0.3 is 0 Å². The average Bonchev–Trinajstić information content (AvgIpc) is 3.07. The van der Waals surface area contributed by atoms with E-state index in [1.807, 2.05) is 16.0 Å². The number of aromatic nitrogens is 2. The molecule has 0 fully saturated rings. The van der Waals surface area contributed by atoms with Crippen LogP contribution in [-0.4, -0.2) is 16.3 Å². The van der Waals surface area contributed by atoms with Crippen molar-refractivity contribution in [2.75, 3.05) is 6.54 Å².